The number of Topliss-reactive ketones (excluding diaryl/α,β-unsaturated/α-hetero) is 1. The predicted molar refractivity (Wildman–Crippen MR) is 123 cm³/mol. The third-order valence-corrected chi connectivity index (χ3v) is 6.04. The molecule has 0 aliphatic carbocycles. The SMILES string of the molecule is COc1ccccc1-n1c(SCC(=O)c2ccc(Br)cc2)nc2ccccc2c1=O. The molecule has 7 heteroatoms. The molecule has 0 saturated heterocycles. The molecule has 0 atom stereocenters. The van der Waals surface area contributed by atoms with Gasteiger partial charge in [0.1, 0.15) is 5.75 Å². The Morgan fingerprint density at radius 2 is 1.73 bits per heavy atom. The van der Waals surface area contributed by atoms with E-state index in [2.05, 4.69) is 20.9 Å². The molecule has 1 aromatic heterocycles. The molecule has 0 spiro atoms. The normalized spacial score (nSPS) is 10.9. The standard InChI is InChI=1S/C23H17BrN2O3S/c1-29-21-9-5-4-8-19(21)26-22(28)17-6-2-3-7-18(17)25-23(26)30-14-20(27)15-10-12-16(24)13-11-15/h2-13H,14H2,1H3. The van der Waals surface area contributed by atoms with Crippen LogP contribution in [-0.4, -0.2) is 28.2 Å². The third-order valence-electron chi connectivity index (χ3n) is 4.57. The summed E-state index contributed by atoms with van der Waals surface area (Å²) in [5, 5.41) is 0.945. The fourth-order valence-electron chi connectivity index (χ4n) is 3.09. The third kappa shape index (κ3) is 4.04. The number of carbonyl (C=O) groups excluding carboxylic acids is 1. The van der Waals surface area contributed by atoms with E-state index in [1.54, 1.807) is 43.5 Å². The van der Waals surface area contributed by atoms with Gasteiger partial charge in [0.15, 0.2) is 10.9 Å². The van der Waals surface area contributed by atoms with Crippen molar-refractivity contribution in [1.82, 2.24) is 9.55 Å². The van der Waals surface area contributed by atoms with Crippen molar-refractivity contribution in [3.8, 4) is 11.4 Å². The predicted octanol–water partition coefficient (Wildman–Crippen LogP) is 5.13. The van der Waals surface area contributed by atoms with E-state index in [9.17, 15) is 9.59 Å². The summed E-state index contributed by atoms with van der Waals surface area (Å²) in [4.78, 5) is 30.7. The minimum atomic E-state index is -0.205. The fraction of sp³-hybridized carbons (Fsp3) is 0.0870. The Morgan fingerprint density at radius 1 is 1.03 bits per heavy atom. The molecule has 0 bridgehead atoms. The summed E-state index contributed by atoms with van der Waals surface area (Å²) in [6, 6.07) is 21.7. The Hall–Kier alpha value is -2.90. The van der Waals surface area contributed by atoms with Crippen LogP contribution in [0.1, 0.15) is 10.4 Å². The van der Waals surface area contributed by atoms with Crippen molar-refractivity contribution in [3.05, 3.63) is 93.2 Å². The van der Waals surface area contributed by atoms with Gasteiger partial charge in [0.25, 0.3) is 5.56 Å². The molecule has 4 rings (SSSR count). The van der Waals surface area contributed by atoms with Gasteiger partial charge in [-0.25, -0.2) is 4.98 Å². The van der Waals surface area contributed by atoms with Crippen molar-refractivity contribution in [2.24, 2.45) is 0 Å². The lowest BCUT2D eigenvalue weighted by molar-refractivity contribution is 0.102. The Kier molecular flexibility index (Phi) is 6.01. The number of methoxy groups -OCH3 is 1. The summed E-state index contributed by atoms with van der Waals surface area (Å²) in [7, 11) is 1.56. The summed E-state index contributed by atoms with van der Waals surface area (Å²) >= 11 is 4.61. The van der Waals surface area contributed by atoms with E-state index in [1.165, 1.54) is 16.3 Å². The highest BCUT2D eigenvalue weighted by Crippen LogP contribution is 2.27. The zero-order valence-corrected chi connectivity index (χ0v) is 18.4. The number of aromatic nitrogens is 2. The Labute approximate surface area is 185 Å². The van der Waals surface area contributed by atoms with Crippen LogP contribution in [0, 0.1) is 0 Å². The molecule has 0 amide bonds. The Balaban J connectivity index is 1.79. The first-order valence-corrected chi connectivity index (χ1v) is 10.9. The minimum absolute atomic E-state index is 0.0403. The van der Waals surface area contributed by atoms with Crippen LogP contribution in [0.5, 0.6) is 5.75 Å². The largest absolute Gasteiger partial charge is 0.495 e. The molecule has 0 aliphatic rings. The number of para-hydroxylation sites is 3. The smallest absolute Gasteiger partial charge is 0.266 e. The number of carbonyl (C=O) groups is 1. The molecule has 150 valence electrons. The monoisotopic (exact) mass is 480 g/mol. The highest BCUT2D eigenvalue weighted by molar-refractivity contribution is 9.10. The maximum atomic E-state index is 13.3. The minimum Gasteiger partial charge on any atom is -0.495 e. The van der Waals surface area contributed by atoms with E-state index in [4.69, 9.17) is 4.74 Å². The van der Waals surface area contributed by atoms with Crippen LogP contribution in [-0.2, 0) is 0 Å². The van der Waals surface area contributed by atoms with Crippen LogP contribution >= 0.6 is 27.7 Å². The van der Waals surface area contributed by atoms with E-state index >= 15 is 0 Å². The summed E-state index contributed by atoms with van der Waals surface area (Å²) in [5.41, 5.74) is 1.58. The van der Waals surface area contributed by atoms with Crippen molar-refractivity contribution >= 4 is 44.4 Å². The first-order valence-electron chi connectivity index (χ1n) is 9.15. The average Bonchev–Trinajstić information content (AvgIpc) is 2.78. The first kappa shape index (κ1) is 20.4. The van der Waals surface area contributed by atoms with Crippen LogP contribution in [0.25, 0.3) is 16.6 Å². The van der Waals surface area contributed by atoms with E-state index in [0.29, 0.717) is 33.1 Å². The van der Waals surface area contributed by atoms with Gasteiger partial charge in [-0.15, -0.1) is 0 Å². The molecule has 0 unspecified atom stereocenters. The molecule has 0 aliphatic heterocycles. The van der Waals surface area contributed by atoms with Gasteiger partial charge in [-0.2, -0.15) is 0 Å². The number of ether oxygens (including phenoxy) is 1. The number of benzene rings is 3. The summed E-state index contributed by atoms with van der Waals surface area (Å²) < 4.78 is 7.88. The highest BCUT2D eigenvalue weighted by atomic mass is 79.9. The molecule has 0 N–H and O–H groups in total. The highest BCUT2D eigenvalue weighted by Gasteiger charge is 2.17. The van der Waals surface area contributed by atoms with Gasteiger partial charge in [-0.05, 0) is 36.4 Å². The van der Waals surface area contributed by atoms with Crippen molar-refractivity contribution in [3.63, 3.8) is 0 Å². The van der Waals surface area contributed by atoms with Crippen LogP contribution in [0.4, 0.5) is 0 Å². The van der Waals surface area contributed by atoms with E-state index in [0.717, 1.165) is 4.47 Å². The zero-order chi connectivity index (χ0) is 21.1. The molecule has 0 saturated carbocycles. The molecule has 3 aromatic carbocycles. The number of rotatable bonds is 6. The molecular formula is C23H17BrN2O3S. The quantitative estimate of drug-likeness (QED) is 0.217. The average molecular weight is 481 g/mol. The van der Waals surface area contributed by atoms with Crippen LogP contribution in [0.15, 0.2) is 87.2 Å². The van der Waals surface area contributed by atoms with Gasteiger partial charge in [-0.1, -0.05) is 64.1 Å². The Morgan fingerprint density at radius 3 is 2.50 bits per heavy atom. The van der Waals surface area contributed by atoms with Gasteiger partial charge in [0.2, 0.25) is 0 Å². The molecule has 5 nitrogen and oxygen atoms in total. The molecule has 0 fully saturated rings. The summed E-state index contributed by atoms with van der Waals surface area (Å²) in [6.45, 7) is 0. The van der Waals surface area contributed by atoms with Gasteiger partial charge < -0.3 is 4.74 Å². The van der Waals surface area contributed by atoms with Crippen molar-refractivity contribution in [1.29, 1.82) is 0 Å². The molecule has 4 aromatic rings. The second kappa shape index (κ2) is 8.85. The van der Waals surface area contributed by atoms with Crippen molar-refractivity contribution in [2.45, 2.75) is 5.16 Å². The van der Waals surface area contributed by atoms with E-state index < -0.39 is 0 Å². The first-order chi connectivity index (χ1) is 14.6. The lowest BCUT2D eigenvalue weighted by atomic mass is 10.2. The maximum Gasteiger partial charge on any atom is 0.266 e. The van der Waals surface area contributed by atoms with Gasteiger partial charge in [0.05, 0.1) is 29.5 Å². The number of hydrogen-bond acceptors (Lipinski definition) is 5. The number of thioether (sulfide) groups is 1. The zero-order valence-electron chi connectivity index (χ0n) is 16.0. The molecular weight excluding hydrogens is 464 g/mol. The maximum absolute atomic E-state index is 13.3. The topological polar surface area (TPSA) is 61.2 Å². The van der Waals surface area contributed by atoms with Crippen molar-refractivity contribution in [2.75, 3.05) is 12.9 Å². The fourth-order valence-corrected chi connectivity index (χ4v) is 4.25. The van der Waals surface area contributed by atoms with Gasteiger partial charge in [-0.3, -0.25) is 14.2 Å². The van der Waals surface area contributed by atoms with E-state index in [-0.39, 0.29) is 17.1 Å². The molecule has 30 heavy (non-hydrogen) atoms. The second-order valence-corrected chi connectivity index (χ2v) is 8.30. The summed E-state index contributed by atoms with van der Waals surface area (Å²) in [6.07, 6.45) is 0. The van der Waals surface area contributed by atoms with Crippen molar-refractivity contribution < 1.29 is 9.53 Å². The van der Waals surface area contributed by atoms with Crippen LogP contribution in [0.3, 0.4) is 0 Å². The van der Waals surface area contributed by atoms with Gasteiger partial charge in [0, 0.05) is 10.0 Å². The van der Waals surface area contributed by atoms with Crippen LogP contribution < -0.4 is 10.3 Å². The molecule has 0 radical (unpaired) electrons. The number of hydrogen-bond donors (Lipinski definition) is 0. The van der Waals surface area contributed by atoms with Gasteiger partial charge >= 0.3 is 0 Å². The molecule has 1 heterocycles. The lowest BCUT2D eigenvalue weighted by Crippen LogP contribution is -2.22. The number of halogens is 1. The lowest BCUT2D eigenvalue weighted by Gasteiger charge is -2.15. The number of nitrogens with zero attached hydrogens (tertiary/aromatic N) is 2. The van der Waals surface area contributed by atoms with E-state index in [1.807, 2.05) is 36.4 Å². The summed E-state index contributed by atoms with van der Waals surface area (Å²) in [5.74, 6) is 0.668. The Bertz CT molecular complexity index is 1290. The number of fused-ring (bicyclic) bond motifs is 1. The number of ketones is 1. The second-order valence-electron chi connectivity index (χ2n) is 6.44. The van der Waals surface area contributed by atoms with Crippen LogP contribution in [0.2, 0.25) is 0 Å².